The van der Waals surface area contributed by atoms with Crippen molar-refractivity contribution in [1.29, 1.82) is 0 Å². The molecule has 5 aromatic carbocycles. The number of aromatic nitrogens is 4. The van der Waals surface area contributed by atoms with Crippen molar-refractivity contribution in [2.75, 3.05) is 11.9 Å². The van der Waals surface area contributed by atoms with Crippen LogP contribution in [0.4, 0.5) is 14.7 Å². The van der Waals surface area contributed by atoms with Gasteiger partial charge in [-0.15, -0.1) is 11.3 Å². The minimum absolute atomic E-state index is 0.106. The quantitative estimate of drug-likeness (QED) is 0.140. The molecule has 0 unspecified atom stereocenters. The molecular weight excluding hydrogens is 1070 g/mol. The van der Waals surface area contributed by atoms with E-state index >= 15 is 0 Å². The molecule has 0 bridgehead atoms. The molecule has 0 spiro atoms. The fourth-order valence-corrected chi connectivity index (χ4v) is 9.98. The van der Waals surface area contributed by atoms with Crippen LogP contribution < -0.4 is 25.2 Å². The molecule has 1 N–H and O–H groups in total. The Balaban J connectivity index is 0.000000147. The SMILES string of the molecule is CC(C)(C)c1cc(F)c(Oc2ccc3ccc(=O)oc3c2)c(F)c1.CC(C)(C)c1ccc(Oc2ccc3c(c2)CCCC3)nc1.CC(C)(C)c1ccc(Oc2ccc3ccccc3c2)nc1.CCNc1nccc(-c2ccc(C(C)(C)C)s2)n1. The molecule has 0 atom stereocenters. The average molecular weight is 1150 g/mol. The van der Waals surface area contributed by atoms with Crippen molar-refractivity contribution in [1.82, 2.24) is 19.9 Å². The minimum Gasteiger partial charge on any atom is -0.451 e. The molecule has 0 saturated carbocycles. The lowest BCUT2D eigenvalue weighted by Gasteiger charge is -2.20. The van der Waals surface area contributed by atoms with Gasteiger partial charge in [-0.1, -0.05) is 132 Å². The summed E-state index contributed by atoms with van der Waals surface area (Å²) in [5, 5.41) is 6.20. The van der Waals surface area contributed by atoms with Gasteiger partial charge in [-0.2, -0.15) is 0 Å². The zero-order chi connectivity index (χ0) is 60.4. The van der Waals surface area contributed by atoms with Gasteiger partial charge in [0, 0.05) is 59.7 Å². The van der Waals surface area contributed by atoms with Crippen LogP contribution in [0.15, 0.2) is 173 Å². The van der Waals surface area contributed by atoms with E-state index in [0.717, 1.165) is 23.7 Å². The van der Waals surface area contributed by atoms with E-state index in [4.69, 9.17) is 18.6 Å². The summed E-state index contributed by atoms with van der Waals surface area (Å²) in [5.41, 5.74) is 6.68. The Morgan fingerprint density at radius 2 is 1.10 bits per heavy atom. The first-order valence-electron chi connectivity index (χ1n) is 28.6. The fraction of sp³-hybridized carbons (Fsp3) is 0.310. The second-order valence-corrected chi connectivity index (χ2v) is 26.0. The summed E-state index contributed by atoms with van der Waals surface area (Å²) in [6, 6.07) is 45.1. The smallest absolute Gasteiger partial charge is 0.336 e. The molecule has 11 rings (SSSR count). The Labute approximate surface area is 497 Å². The highest BCUT2D eigenvalue weighted by Crippen LogP contribution is 2.37. The molecule has 1 aliphatic rings. The Morgan fingerprint density at radius 1 is 0.536 bits per heavy atom. The van der Waals surface area contributed by atoms with E-state index in [1.807, 2.05) is 82.6 Å². The fourth-order valence-electron chi connectivity index (χ4n) is 8.94. The number of anilines is 1. The molecule has 0 aliphatic heterocycles. The van der Waals surface area contributed by atoms with Crippen LogP contribution in [0.1, 0.15) is 136 Å². The molecule has 5 aromatic heterocycles. The van der Waals surface area contributed by atoms with Crippen LogP contribution >= 0.6 is 11.3 Å². The van der Waals surface area contributed by atoms with Crippen molar-refractivity contribution >= 4 is 39.0 Å². The van der Waals surface area contributed by atoms with E-state index in [2.05, 4.69) is 148 Å². The van der Waals surface area contributed by atoms with Crippen molar-refractivity contribution in [3.8, 4) is 45.3 Å². The first-order valence-corrected chi connectivity index (χ1v) is 29.4. The number of pyridine rings is 2. The second-order valence-electron chi connectivity index (χ2n) is 24.9. The van der Waals surface area contributed by atoms with Crippen molar-refractivity contribution in [2.45, 2.75) is 137 Å². The van der Waals surface area contributed by atoms with Crippen LogP contribution in [0.2, 0.25) is 0 Å². The van der Waals surface area contributed by atoms with Crippen molar-refractivity contribution < 1.29 is 27.4 Å². The van der Waals surface area contributed by atoms with Crippen LogP contribution in [0.3, 0.4) is 0 Å². The van der Waals surface area contributed by atoms with Crippen molar-refractivity contribution in [3.63, 3.8) is 0 Å². The Morgan fingerprint density at radius 3 is 1.67 bits per heavy atom. The summed E-state index contributed by atoms with van der Waals surface area (Å²) in [6.45, 7) is 28.3. The number of halogens is 2. The largest absolute Gasteiger partial charge is 0.451 e. The Hall–Kier alpha value is -8.29. The summed E-state index contributed by atoms with van der Waals surface area (Å²) >= 11 is 1.80. The highest BCUT2D eigenvalue weighted by Gasteiger charge is 2.22. The Bertz CT molecular complexity index is 3860. The summed E-state index contributed by atoms with van der Waals surface area (Å²) < 4.78 is 50.7. The third-order valence-electron chi connectivity index (χ3n) is 14.0. The van der Waals surface area contributed by atoms with Gasteiger partial charge in [0.15, 0.2) is 17.4 Å². The molecule has 1 aliphatic carbocycles. The summed E-state index contributed by atoms with van der Waals surface area (Å²) in [5.74, 6) is 1.82. The lowest BCUT2D eigenvalue weighted by molar-refractivity contribution is 0.403. The lowest BCUT2D eigenvalue weighted by Crippen LogP contribution is -2.12. The zero-order valence-electron chi connectivity index (χ0n) is 50.6. The van der Waals surface area contributed by atoms with Gasteiger partial charge in [-0.3, -0.25) is 0 Å². The monoisotopic (exact) mass is 1150 g/mol. The number of fused-ring (bicyclic) bond motifs is 3. The number of nitrogens with zero attached hydrogens (tertiary/aromatic N) is 4. The topological polar surface area (TPSA) is 121 Å². The second kappa shape index (κ2) is 26.5. The van der Waals surface area contributed by atoms with Crippen LogP contribution in [-0.4, -0.2) is 26.5 Å². The van der Waals surface area contributed by atoms with E-state index in [9.17, 15) is 13.6 Å². The van der Waals surface area contributed by atoms with Gasteiger partial charge >= 0.3 is 5.63 Å². The molecule has 0 saturated heterocycles. The molecule has 10 nitrogen and oxygen atoms in total. The molecule has 0 radical (unpaired) electrons. The molecule has 0 fully saturated rings. The molecule has 0 amide bonds. The summed E-state index contributed by atoms with van der Waals surface area (Å²) in [6.07, 6.45) is 10.6. The van der Waals surface area contributed by atoms with Crippen LogP contribution in [0.25, 0.3) is 32.3 Å². The summed E-state index contributed by atoms with van der Waals surface area (Å²) in [7, 11) is 0. The molecule has 13 heteroatoms. The molecule has 84 heavy (non-hydrogen) atoms. The number of benzene rings is 5. The number of thiophene rings is 1. The zero-order valence-corrected chi connectivity index (χ0v) is 51.4. The van der Waals surface area contributed by atoms with Gasteiger partial charge in [0.05, 0.1) is 10.6 Å². The third kappa shape index (κ3) is 16.9. The van der Waals surface area contributed by atoms with E-state index in [1.54, 1.807) is 35.7 Å². The number of aryl methyl sites for hydroxylation is 2. The van der Waals surface area contributed by atoms with E-state index in [0.29, 0.717) is 28.7 Å². The molecule has 10 aromatic rings. The molecule has 436 valence electrons. The third-order valence-corrected chi connectivity index (χ3v) is 15.5. The normalized spacial score (nSPS) is 12.4. The predicted octanol–water partition coefficient (Wildman–Crippen LogP) is 19.5. The van der Waals surface area contributed by atoms with Gasteiger partial charge < -0.3 is 23.9 Å². The first kappa shape index (κ1) is 61.8. The number of hydrogen-bond donors (Lipinski definition) is 1. The standard InChI is InChI=1S/C19H16F2O3.C19H23NO.C19H19NO.C14H19N3S/c1-19(2,3)12-8-14(20)18(15(21)9-12)23-13-6-4-11-5-7-17(22)24-16(11)10-13;2*1-19(2,3)16-9-11-18(20-13-16)21-17-10-8-14-6-4-5-7-15(14)12-17;1-5-15-13-16-9-8-10(17-13)11-6-7-12(18-11)14(2,3)4/h4-10H,1-3H3;8-13H,4-7H2,1-3H3;4-13H,1-3H3;6-9H,5H2,1-4H3,(H,15,16,17). The highest BCUT2D eigenvalue weighted by molar-refractivity contribution is 7.15. The minimum atomic E-state index is -0.783. The Kier molecular flexibility index (Phi) is 19.5. The van der Waals surface area contributed by atoms with Crippen LogP contribution in [-0.2, 0) is 34.5 Å². The maximum Gasteiger partial charge on any atom is 0.336 e. The lowest BCUT2D eigenvalue weighted by atomic mass is 9.87. The maximum atomic E-state index is 14.3. The summed E-state index contributed by atoms with van der Waals surface area (Å²) in [4.78, 5) is 31.4. The average Bonchev–Trinajstić information content (AvgIpc) is 4.13. The number of nitrogens with one attached hydrogen (secondary N) is 1. The van der Waals surface area contributed by atoms with Gasteiger partial charge in [-0.05, 0) is 166 Å². The van der Waals surface area contributed by atoms with Gasteiger partial charge in [0.25, 0.3) is 0 Å². The van der Waals surface area contributed by atoms with E-state index in [-0.39, 0.29) is 33.0 Å². The molecular formula is C71H77F2N5O5S. The van der Waals surface area contributed by atoms with Crippen LogP contribution in [0.5, 0.6) is 34.8 Å². The molecule has 5 heterocycles. The number of ether oxygens (including phenoxy) is 3. The van der Waals surface area contributed by atoms with Crippen molar-refractivity contribution in [2.24, 2.45) is 0 Å². The maximum absolute atomic E-state index is 14.3. The van der Waals surface area contributed by atoms with Gasteiger partial charge in [0.1, 0.15) is 22.8 Å². The van der Waals surface area contributed by atoms with Gasteiger partial charge in [-0.25, -0.2) is 33.5 Å². The highest BCUT2D eigenvalue weighted by atomic mass is 32.1. The number of hydrogen-bond acceptors (Lipinski definition) is 11. The van der Waals surface area contributed by atoms with Crippen LogP contribution in [0, 0.1) is 11.6 Å². The predicted molar refractivity (Wildman–Crippen MR) is 339 cm³/mol. The van der Waals surface area contributed by atoms with Gasteiger partial charge in [0.2, 0.25) is 17.7 Å². The number of rotatable bonds is 9. The van der Waals surface area contributed by atoms with E-state index < -0.39 is 23.0 Å². The van der Waals surface area contributed by atoms with E-state index in [1.165, 1.54) is 92.7 Å². The first-order chi connectivity index (χ1) is 39.8. The van der Waals surface area contributed by atoms with Crippen molar-refractivity contribution in [3.05, 3.63) is 219 Å².